The van der Waals surface area contributed by atoms with Crippen molar-refractivity contribution in [3.8, 4) is 10.7 Å². The Labute approximate surface area is 144 Å². The maximum Gasteiger partial charge on any atom is 0.310 e. The number of carbonyl (C=O) groups is 1. The zero-order valence-electron chi connectivity index (χ0n) is 13.0. The number of hydrogen-bond donors (Lipinski definition) is 1. The van der Waals surface area contributed by atoms with E-state index in [1.807, 2.05) is 29.1 Å². The third-order valence-electron chi connectivity index (χ3n) is 3.90. The van der Waals surface area contributed by atoms with Gasteiger partial charge in [-0.15, -0.1) is 11.3 Å². The topological polar surface area (TPSA) is 63.1 Å². The molecule has 2 aromatic heterocycles. The minimum Gasteiger partial charge on any atom is -0.466 e. The zero-order valence-corrected chi connectivity index (χ0v) is 14.7. The van der Waals surface area contributed by atoms with E-state index in [9.17, 15) is 4.79 Å². The average Bonchev–Trinajstić information content (AvgIpc) is 3.18. The number of esters is 1. The minimum atomic E-state index is -0.0929. The van der Waals surface area contributed by atoms with Crippen LogP contribution in [-0.4, -0.2) is 45.3 Å². The van der Waals surface area contributed by atoms with Crippen molar-refractivity contribution < 1.29 is 9.53 Å². The number of piperidine rings is 1. The molecular weight excluding hydrogens is 332 g/mol. The molecule has 23 heavy (non-hydrogen) atoms. The molecule has 0 unspecified atom stereocenters. The second-order valence-corrected chi connectivity index (χ2v) is 6.88. The van der Waals surface area contributed by atoms with Gasteiger partial charge in [-0.3, -0.25) is 14.8 Å². The minimum absolute atomic E-state index is 0.0439. The van der Waals surface area contributed by atoms with Crippen LogP contribution in [0, 0.1) is 10.7 Å². The number of carbonyl (C=O) groups excluding carboxylic acids is 1. The summed E-state index contributed by atoms with van der Waals surface area (Å²) in [6.07, 6.45) is 1.88. The molecule has 0 saturated carbocycles. The van der Waals surface area contributed by atoms with E-state index in [0.29, 0.717) is 24.6 Å². The zero-order chi connectivity index (χ0) is 16.2. The van der Waals surface area contributed by atoms with E-state index in [2.05, 4.69) is 15.0 Å². The number of H-pyrrole nitrogens is 1. The van der Waals surface area contributed by atoms with E-state index in [-0.39, 0.29) is 11.9 Å². The Morgan fingerprint density at radius 1 is 1.61 bits per heavy atom. The largest absolute Gasteiger partial charge is 0.466 e. The Hall–Kier alpha value is -1.51. The Morgan fingerprint density at radius 2 is 2.48 bits per heavy atom. The van der Waals surface area contributed by atoms with Crippen LogP contribution in [-0.2, 0) is 16.2 Å². The first-order valence-corrected chi connectivity index (χ1v) is 9.06. The molecular formula is C15H20N4O2S2. The summed E-state index contributed by atoms with van der Waals surface area (Å²) in [5.74, 6) is 0.659. The van der Waals surface area contributed by atoms with Gasteiger partial charge < -0.3 is 4.74 Å². The first kappa shape index (κ1) is 16.4. The van der Waals surface area contributed by atoms with E-state index in [4.69, 9.17) is 17.0 Å². The maximum absolute atomic E-state index is 11.9. The van der Waals surface area contributed by atoms with Gasteiger partial charge in [-0.1, -0.05) is 6.07 Å². The summed E-state index contributed by atoms with van der Waals surface area (Å²) in [5, 5.41) is 5.27. The van der Waals surface area contributed by atoms with E-state index in [1.165, 1.54) is 0 Å². The predicted octanol–water partition coefficient (Wildman–Crippen LogP) is 2.90. The molecule has 3 rings (SSSR count). The molecule has 1 aliphatic rings. The third-order valence-corrected chi connectivity index (χ3v) is 5.09. The number of likely N-dealkylation sites (tertiary alicyclic amines) is 1. The van der Waals surface area contributed by atoms with Crippen LogP contribution in [0.4, 0.5) is 0 Å². The molecule has 0 amide bonds. The second kappa shape index (κ2) is 7.37. The fraction of sp³-hybridized carbons (Fsp3) is 0.533. The van der Waals surface area contributed by atoms with Gasteiger partial charge in [-0.05, 0) is 50.0 Å². The summed E-state index contributed by atoms with van der Waals surface area (Å²) >= 11 is 6.97. The molecule has 3 heterocycles. The summed E-state index contributed by atoms with van der Waals surface area (Å²) < 4.78 is 7.54. The average molecular weight is 352 g/mol. The summed E-state index contributed by atoms with van der Waals surface area (Å²) in [4.78, 5) is 19.6. The summed E-state index contributed by atoms with van der Waals surface area (Å²) in [6.45, 7) is 4.55. The van der Waals surface area contributed by atoms with E-state index >= 15 is 0 Å². The van der Waals surface area contributed by atoms with Crippen molar-refractivity contribution in [2.45, 2.75) is 26.4 Å². The van der Waals surface area contributed by atoms with Gasteiger partial charge in [-0.25, -0.2) is 4.68 Å². The van der Waals surface area contributed by atoms with Crippen LogP contribution in [0.25, 0.3) is 10.7 Å². The maximum atomic E-state index is 11.9. The molecule has 1 fully saturated rings. The van der Waals surface area contributed by atoms with Gasteiger partial charge in [0.1, 0.15) is 0 Å². The lowest BCUT2D eigenvalue weighted by Gasteiger charge is -2.31. The van der Waals surface area contributed by atoms with Crippen LogP contribution in [0.5, 0.6) is 0 Å². The van der Waals surface area contributed by atoms with Crippen molar-refractivity contribution >= 4 is 29.5 Å². The second-order valence-electron chi connectivity index (χ2n) is 5.57. The lowest BCUT2D eigenvalue weighted by molar-refractivity contribution is -0.150. The van der Waals surface area contributed by atoms with Gasteiger partial charge in [0.15, 0.2) is 5.82 Å². The van der Waals surface area contributed by atoms with Crippen LogP contribution in [0.2, 0.25) is 0 Å². The Balaban J connectivity index is 1.67. The molecule has 0 spiro atoms. The summed E-state index contributed by atoms with van der Waals surface area (Å²) in [7, 11) is 0. The van der Waals surface area contributed by atoms with Crippen molar-refractivity contribution in [3.63, 3.8) is 0 Å². The van der Waals surface area contributed by atoms with Crippen molar-refractivity contribution in [2.75, 3.05) is 19.7 Å². The molecule has 0 aromatic carbocycles. The summed E-state index contributed by atoms with van der Waals surface area (Å²) in [6, 6.07) is 4.00. The van der Waals surface area contributed by atoms with Crippen molar-refractivity contribution in [1.82, 2.24) is 19.7 Å². The van der Waals surface area contributed by atoms with Crippen molar-refractivity contribution in [3.05, 3.63) is 22.3 Å². The highest BCUT2D eigenvalue weighted by Gasteiger charge is 2.27. The number of aromatic amines is 1. The van der Waals surface area contributed by atoms with Gasteiger partial charge in [0.2, 0.25) is 4.77 Å². The molecule has 1 atom stereocenters. The quantitative estimate of drug-likeness (QED) is 0.662. The summed E-state index contributed by atoms with van der Waals surface area (Å²) in [5.41, 5.74) is 0. The lowest BCUT2D eigenvalue weighted by atomic mass is 9.99. The number of ether oxygens (including phenoxy) is 1. The number of thiophene rings is 1. The molecule has 0 bridgehead atoms. The highest BCUT2D eigenvalue weighted by Crippen LogP contribution is 2.22. The van der Waals surface area contributed by atoms with Crippen LogP contribution < -0.4 is 0 Å². The molecule has 8 heteroatoms. The Morgan fingerprint density at radius 3 is 3.22 bits per heavy atom. The van der Waals surface area contributed by atoms with Crippen LogP contribution in [0.1, 0.15) is 19.8 Å². The highest BCUT2D eigenvalue weighted by molar-refractivity contribution is 7.71. The number of aromatic nitrogens is 3. The van der Waals surface area contributed by atoms with Gasteiger partial charge in [0, 0.05) is 6.54 Å². The number of hydrogen-bond acceptors (Lipinski definition) is 6. The van der Waals surface area contributed by atoms with Gasteiger partial charge in [0.25, 0.3) is 0 Å². The SMILES string of the molecule is CCOC(=O)[C@H]1CCCN(Cn2[nH]c(-c3cccs3)nc2=S)C1. The molecule has 6 nitrogen and oxygen atoms in total. The molecule has 1 aliphatic heterocycles. The van der Waals surface area contributed by atoms with Crippen LogP contribution in [0.3, 0.4) is 0 Å². The monoisotopic (exact) mass is 352 g/mol. The van der Waals surface area contributed by atoms with Crippen molar-refractivity contribution in [1.29, 1.82) is 0 Å². The number of nitrogens with one attached hydrogen (secondary N) is 1. The molecule has 124 valence electrons. The molecule has 1 N–H and O–H groups in total. The van der Waals surface area contributed by atoms with Crippen LogP contribution >= 0.6 is 23.6 Å². The normalized spacial score (nSPS) is 18.9. The van der Waals surface area contributed by atoms with E-state index < -0.39 is 0 Å². The number of nitrogens with zero attached hydrogens (tertiary/aromatic N) is 3. The smallest absolute Gasteiger partial charge is 0.310 e. The predicted molar refractivity (Wildman–Crippen MR) is 91.7 cm³/mol. The Kier molecular flexibility index (Phi) is 5.24. The first-order chi connectivity index (χ1) is 11.2. The van der Waals surface area contributed by atoms with E-state index in [0.717, 1.165) is 30.1 Å². The first-order valence-electron chi connectivity index (χ1n) is 7.77. The standard InChI is InChI=1S/C15H20N4O2S2/c1-2-21-14(20)11-5-3-7-18(9-11)10-19-15(22)16-13(17-19)12-6-4-8-23-12/h4,6,8,11H,2-3,5,7,9-10H2,1H3,(H,16,17,22)/t11-/m0/s1. The van der Waals surface area contributed by atoms with Gasteiger partial charge in [-0.2, -0.15) is 4.98 Å². The molecule has 1 saturated heterocycles. The fourth-order valence-corrected chi connectivity index (χ4v) is 3.67. The third kappa shape index (κ3) is 3.88. The molecule has 0 aliphatic carbocycles. The lowest BCUT2D eigenvalue weighted by Crippen LogP contribution is -2.40. The van der Waals surface area contributed by atoms with Crippen molar-refractivity contribution in [2.24, 2.45) is 5.92 Å². The van der Waals surface area contributed by atoms with Gasteiger partial charge >= 0.3 is 5.97 Å². The van der Waals surface area contributed by atoms with E-state index in [1.54, 1.807) is 11.3 Å². The highest BCUT2D eigenvalue weighted by atomic mass is 32.1. The molecule has 2 aromatic rings. The van der Waals surface area contributed by atoms with Crippen LogP contribution in [0.15, 0.2) is 17.5 Å². The number of rotatable bonds is 5. The fourth-order valence-electron chi connectivity index (χ4n) is 2.81. The molecule has 0 radical (unpaired) electrons. The van der Waals surface area contributed by atoms with Gasteiger partial charge in [0.05, 0.1) is 24.1 Å². The Bertz CT molecular complexity index is 707.